The molecule has 2 aliphatic rings. The molecule has 2 heterocycles. The van der Waals surface area contributed by atoms with Gasteiger partial charge in [0, 0.05) is 12.2 Å². The van der Waals surface area contributed by atoms with Crippen molar-refractivity contribution in [3.63, 3.8) is 0 Å². The number of carbonyl (C=O) groups excluding carboxylic acids is 6. The van der Waals surface area contributed by atoms with E-state index in [1.807, 2.05) is 0 Å². The van der Waals surface area contributed by atoms with Crippen LogP contribution in [0, 0.1) is 0 Å². The fraction of sp³-hybridized carbons (Fsp3) is 0.211. The summed E-state index contributed by atoms with van der Waals surface area (Å²) in [5, 5.41) is 2.72. The molecule has 0 bridgehead atoms. The van der Waals surface area contributed by atoms with Gasteiger partial charge in [-0.2, -0.15) is 0 Å². The van der Waals surface area contributed by atoms with Crippen LogP contribution < -0.4 is 9.47 Å². The van der Waals surface area contributed by atoms with Gasteiger partial charge in [-0.25, -0.2) is 28.8 Å². The van der Waals surface area contributed by atoms with E-state index >= 15 is 0 Å². The lowest BCUT2D eigenvalue weighted by molar-refractivity contribution is -0.150. The molecule has 4 aromatic carbocycles. The maximum atomic E-state index is 13.1. The highest BCUT2D eigenvalue weighted by molar-refractivity contribution is 5.97. The molecule has 4 unspecified atom stereocenters. The second-order valence-corrected chi connectivity index (χ2v) is 11.5. The summed E-state index contributed by atoms with van der Waals surface area (Å²) in [6.45, 7) is 5.46. The van der Waals surface area contributed by atoms with Crippen LogP contribution in [0.15, 0.2) is 98.1 Å². The molecule has 0 N–H and O–H groups in total. The largest absolute Gasteiger partial charge is 0.453 e. The number of hydrogen-bond donors (Lipinski definition) is 0. The molecule has 2 saturated heterocycles. The first kappa shape index (κ1) is 35.4. The zero-order chi connectivity index (χ0) is 36.8. The van der Waals surface area contributed by atoms with Gasteiger partial charge in [-0.1, -0.05) is 37.4 Å². The van der Waals surface area contributed by atoms with Crippen LogP contribution in [0.4, 0.5) is 0 Å². The number of carbonyl (C=O) groups is 6. The highest BCUT2D eigenvalue weighted by atomic mass is 16.7. The standard InChI is InChI=1S/C38H30O14/c1-3-31(39)45-19-33(41)49-27-11-9-21-13-25(7-5-23(21)15-27)37(43)51-29-17-47-36-30(18-48-35(29)36)52-38(44)26-8-6-24-16-28(12-10-22(24)14-26)50-34(42)20-46-32(40)4-2/h3-16,29-30,35-36H,1-2,17-20H2. The average molecular weight is 711 g/mol. The number of ether oxygens (including phenoxy) is 8. The molecule has 14 heteroatoms. The minimum absolute atomic E-state index is 0.0408. The normalized spacial score (nSPS) is 18.8. The van der Waals surface area contributed by atoms with Crippen LogP contribution in [-0.4, -0.2) is 86.7 Å². The number of hydrogen-bond acceptors (Lipinski definition) is 14. The first-order chi connectivity index (χ1) is 25.1. The Labute approximate surface area is 295 Å². The van der Waals surface area contributed by atoms with Crippen molar-refractivity contribution in [1.29, 1.82) is 0 Å². The minimum atomic E-state index is -0.766. The lowest BCUT2D eigenvalue weighted by Crippen LogP contribution is -2.36. The van der Waals surface area contributed by atoms with Crippen molar-refractivity contribution in [3.05, 3.63) is 109 Å². The van der Waals surface area contributed by atoms with Gasteiger partial charge in [-0.3, -0.25) is 0 Å². The molecule has 0 amide bonds. The predicted molar refractivity (Wildman–Crippen MR) is 179 cm³/mol. The molecule has 4 aromatic rings. The van der Waals surface area contributed by atoms with Crippen molar-refractivity contribution in [2.24, 2.45) is 0 Å². The molecule has 2 aliphatic heterocycles. The van der Waals surface area contributed by atoms with Crippen molar-refractivity contribution in [2.75, 3.05) is 26.4 Å². The van der Waals surface area contributed by atoms with Crippen molar-refractivity contribution in [3.8, 4) is 11.5 Å². The Hall–Kier alpha value is -6.38. The van der Waals surface area contributed by atoms with Gasteiger partial charge in [0.2, 0.25) is 0 Å². The molecule has 266 valence electrons. The minimum Gasteiger partial charge on any atom is -0.453 e. The third kappa shape index (κ3) is 8.31. The van der Waals surface area contributed by atoms with Crippen LogP contribution >= 0.6 is 0 Å². The van der Waals surface area contributed by atoms with E-state index in [2.05, 4.69) is 22.6 Å². The van der Waals surface area contributed by atoms with E-state index in [1.54, 1.807) is 60.7 Å². The Morgan fingerprint density at radius 3 is 1.37 bits per heavy atom. The van der Waals surface area contributed by atoms with Gasteiger partial charge in [-0.05, 0) is 70.1 Å². The summed E-state index contributed by atoms with van der Waals surface area (Å²) in [4.78, 5) is 72.4. The van der Waals surface area contributed by atoms with Gasteiger partial charge in [0.05, 0.1) is 24.3 Å². The third-order valence-corrected chi connectivity index (χ3v) is 8.04. The summed E-state index contributed by atoms with van der Waals surface area (Å²) in [5.41, 5.74) is 0.544. The maximum Gasteiger partial charge on any atom is 0.349 e. The van der Waals surface area contributed by atoms with Crippen molar-refractivity contribution >= 4 is 57.4 Å². The van der Waals surface area contributed by atoms with E-state index < -0.39 is 73.4 Å². The summed E-state index contributed by atoms with van der Waals surface area (Å²) < 4.78 is 42.9. The summed E-state index contributed by atoms with van der Waals surface area (Å²) in [7, 11) is 0. The van der Waals surface area contributed by atoms with Gasteiger partial charge in [-0.15, -0.1) is 0 Å². The molecule has 0 aliphatic carbocycles. The zero-order valence-corrected chi connectivity index (χ0v) is 27.4. The van der Waals surface area contributed by atoms with E-state index in [0.717, 1.165) is 12.2 Å². The van der Waals surface area contributed by atoms with E-state index in [0.29, 0.717) is 21.5 Å². The van der Waals surface area contributed by atoms with Gasteiger partial charge < -0.3 is 37.9 Å². The van der Waals surface area contributed by atoms with Gasteiger partial charge in [0.25, 0.3) is 0 Å². The molecule has 0 radical (unpaired) electrons. The summed E-state index contributed by atoms with van der Waals surface area (Å²) in [6.07, 6.45) is -0.912. The van der Waals surface area contributed by atoms with Crippen LogP contribution in [0.5, 0.6) is 11.5 Å². The van der Waals surface area contributed by atoms with Gasteiger partial charge >= 0.3 is 35.8 Å². The first-order valence-corrected chi connectivity index (χ1v) is 15.8. The molecule has 6 rings (SSSR count). The number of benzene rings is 4. The quantitative estimate of drug-likeness (QED) is 0.0898. The predicted octanol–water partition coefficient (Wildman–Crippen LogP) is 3.81. The molecule has 0 saturated carbocycles. The highest BCUT2D eigenvalue weighted by Gasteiger charge is 2.51. The van der Waals surface area contributed by atoms with Crippen LogP contribution in [0.25, 0.3) is 21.5 Å². The van der Waals surface area contributed by atoms with Crippen molar-refractivity contribution in [2.45, 2.75) is 24.4 Å². The fourth-order valence-electron chi connectivity index (χ4n) is 5.57. The summed E-state index contributed by atoms with van der Waals surface area (Å²) in [6, 6.07) is 19.3. The molecular formula is C38H30O14. The Morgan fingerprint density at radius 1 is 0.577 bits per heavy atom. The molecule has 52 heavy (non-hydrogen) atoms. The SMILES string of the molecule is C=CC(=O)OCC(=O)Oc1ccc2cc(C(=O)OC3COC4C(OC(=O)c5ccc6cc(OC(=O)COC(=O)C=C)ccc6c5)COC34)ccc2c1. The van der Waals surface area contributed by atoms with Crippen LogP contribution in [-0.2, 0) is 47.6 Å². The van der Waals surface area contributed by atoms with E-state index in [4.69, 9.17) is 28.4 Å². The number of fused-ring (bicyclic) bond motifs is 3. The van der Waals surface area contributed by atoms with E-state index in [-0.39, 0.29) is 35.8 Å². The number of rotatable bonds is 12. The van der Waals surface area contributed by atoms with Crippen molar-refractivity contribution < 1.29 is 66.7 Å². The number of esters is 6. The highest BCUT2D eigenvalue weighted by Crippen LogP contribution is 2.32. The fourth-order valence-corrected chi connectivity index (χ4v) is 5.57. The molecule has 4 atom stereocenters. The van der Waals surface area contributed by atoms with Crippen molar-refractivity contribution in [1.82, 2.24) is 0 Å². The molecule has 14 nitrogen and oxygen atoms in total. The molecule has 2 fully saturated rings. The van der Waals surface area contributed by atoms with Gasteiger partial charge in [0.1, 0.15) is 23.7 Å². The van der Waals surface area contributed by atoms with Crippen LogP contribution in [0.3, 0.4) is 0 Å². The topological polar surface area (TPSA) is 176 Å². The Balaban J connectivity index is 1.01. The average Bonchev–Trinajstić information content (AvgIpc) is 3.74. The second-order valence-electron chi connectivity index (χ2n) is 11.5. The third-order valence-electron chi connectivity index (χ3n) is 8.04. The lowest BCUT2D eigenvalue weighted by Gasteiger charge is -2.17. The molecule has 0 spiro atoms. The Kier molecular flexibility index (Phi) is 10.7. The Morgan fingerprint density at radius 2 is 0.962 bits per heavy atom. The molecular weight excluding hydrogens is 680 g/mol. The molecule has 0 aromatic heterocycles. The summed E-state index contributed by atoms with van der Waals surface area (Å²) in [5.74, 6) is -3.78. The maximum absolute atomic E-state index is 13.1. The lowest BCUT2D eigenvalue weighted by atomic mass is 10.1. The monoisotopic (exact) mass is 710 g/mol. The van der Waals surface area contributed by atoms with Crippen LogP contribution in [0.2, 0.25) is 0 Å². The van der Waals surface area contributed by atoms with Crippen LogP contribution in [0.1, 0.15) is 20.7 Å². The van der Waals surface area contributed by atoms with E-state index in [9.17, 15) is 28.8 Å². The van der Waals surface area contributed by atoms with E-state index in [1.165, 1.54) is 12.1 Å². The zero-order valence-electron chi connectivity index (χ0n) is 27.4. The summed E-state index contributed by atoms with van der Waals surface area (Å²) >= 11 is 0. The second kappa shape index (κ2) is 15.7. The Bertz CT molecular complexity index is 1950. The first-order valence-electron chi connectivity index (χ1n) is 15.8. The van der Waals surface area contributed by atoms with Gasteiger partial charge in [0.15, 0.2) is 25.4 Å². The smallest absolute Gasteiger partial charge is 0.349 e.